The number of rotatable bonds is 12. The van der Waals surface area contributed by atoms with Crippen LogP contribution in [0.3, 0.4) is 0 Å². The summed E-state index contributed by atoms with van der Waals surface area (Å²) in [5.41, 5.74) is 2.07. The Labute approximate surface area is 205 Å². The Morgan fingerprint density at radius 1 is 0.971 bits per heavy atom. The number of aliphatic hydroxyl groups is 1. The van der Waals surface area contributed by atoms with E-state index in [9.17, 15) is 9.59 Å². The van der Waals surface area contributed by atoms with Crippen molar-refractivity contribution in [3.63, 3.8) is 0 Å². The monoisotopic (exact) mass is 487 g/mol. The molecule has 0 spiro atoms. The first-order valence-corrected chi connectivity index (χ1v) is 11.2. The van der Waals surface area contributed by atoms with Gasteiger partial charge in [0.15, 0.2) is 6.10 Å². The summed E-state index contributed by atoms with van der Waals surface area (Å²) in [5, 5.41) is 11.7. The van der Waals surface area contributed by atoms with Crippen LogP contribution in [0.15, 0.2) is 59.7 Å². The lowest BCUT2D eigenvalue weighted by atomic mass is 9.95. The molecule has 1 amide bonds. The van der Waals surface area contributed by atoms with Crippen molar-refractivity contribution < 1.29 is 38.4 Å². The van der Waals surface area contributed by atoms with Gasteiger partial charge in [-0.3, -0.25) is 5.32 Å². The highest BCUT2D eigenvalue weighted by Crippen LogP contribution is 2.31. The van der Waals surface area contributed by atoms with Crippen LogP contribution in [0.1, 0.15) is 32.4 Å². The SMILES string of the molecule is CCOC(=O)/C(C)=C(\C)[C@H](OC)[C@@H](OC(=O)Nc1ccc(OC)cc1)c1ccc(OCCO)cc1. The van der Waals surface area contributed by atoms with E-state index < -0.39 is 24.3 Å². The fourth-order valence-electron chi connectivity index (χ4n) is 3.30. The lowest BCUT2D eigenvalue weighted by molar-refractivity contribution is -0.138. The average Bonchev–Trinajstić information content (AvgIpc) is 2.87. The fourth-order valence-corrected chi connectivity index (χ4v) is 3.30. The van der Waals surface area contributed by atoms with E-state index in [1.54, 1.807) is 76.4 Å². The molecule has 2 N–H and O–H groups in total. The van der Waals surface area contributed by atoms with E-state index >= 15 is 0 Å². The third kappa shape index (κ3) is 8.01. The summed E-state index contributed by atoms with van der Waals surface area (Å²) >= 11 is 0. The van der Waals surface area contributed by atoms with Crippen molar-refractivity contribution in [1.82, 2.24) is 0 Å². The van der Waals surface area contributed by atoms with E-state index in [0.29, 0.717) is 33.9 Å². The molecule has 9 heteroatoms. The van der Waals surface area contributed by atoms with Gasteiger partial charge in [-0.1, -0.05) is 12.1 Å². The van der Waals surface area contributed by atoms with Crippen molar-refractivity contribution in [2.45, 2.75) is 33.0 Å². The van der Waals surface area contributed by atoms with E-state index in [0.717, 1.165) is 0 Å². The van der Waals surface area contributed by atoms with Gasteiger partial charge in [-0.05, 0) is 68.3 Å². The maximum Gasteiger partial charge on any atom is 0.412 e. The summed E-state index contributed by atoms with van der Waals surface area (Å²) in [6.45, 7) is 5.38. The highest BCUT2D eigenvalue weighted by Gasteiger charge is 2.31. The standard InChI is InChI=1S/C26H33NO8/c1-6-33-25(29)18(3)17(2)23(32-5)24(19-7-11-22(12-8-19)34-16-15-28)35-26(30)27-20-9-13-21(31-4)14-10-20/h7-14,23-24,28H,6,15-16H2,1-5H3,(H,27,30)/b18-17+/t23-,24-/m0/s1. The Bertz CT molecular complexity index is 985. The number of ether oxygens (including phenoxy) is 5. The van der Waals surface area contributed by atoms with Gasteiger partial charge >= 0.3 is 12.1 Å². The molecule has 0 aromatic heterocycles. The molecule has 0 unspecified atom stereocenters. The van der Waals surface area contributed by atoms with Crippen molar-refractivity contribution >= 4 is 17.7 Å². The molecule has 0 aliphatic heterocycles. The van der Waals surface area contributed by atoms with Crippen LogP contribution in [0.4, 0.5) is 10.5 Å². The van der Waals surface area contributed by atoms with Crippen molar-refractivity contribution in [2.24, 2.45) is 0 Å². The zero-order chi connectivity index (χ0) is 25.8. The predicted octanol–water partition coefficient (Wildman–Crippen LogP) is 4.27. The average molecular weight is 488 g/mol. The topological polar surface area (TPSA) is 113 Å². The van der Waals surface area contributed by atoms with Crippen molar-refractivity contribution in [3.8, 4) is 11.5 Å². The van der Waals surface area contributed by atoms with E-state index in [2.05, 4.69) is 5.32 Å². The maximum absolute atomic E-state index is 12.8. The summed E-state index contributed by atoms with van der Waals surface area (Å²) in [5.74, 6) is 0.731. The number of anilines is 1. The van der Waals surface area contributed by atoms with E-state index in [1.165, 1.54) is 7.11 Å². The summed E-state index contributed by atoms with van der Waals surface area (Å²) in [6.07, 6.45) is -2.37. The van der Waals surface area contributed by atoms with Gasteiger partial charge in [-0.2, -0.15) is 0 Å². The Balaban J connectivity index is 2.35. The van der Waals surface area contributed by atoms with Crippen LogP contribution in [0.2, 0.25) is 0 Å². The summed E-state index contributed by atoms with van der Waals surface area (Å²) < 4.78 is 27.2. The second kappa shape index (κ2) is 14.0. The molecular weight excluding hydrogens is 454 g/mol. The van der Waals surface area contributed by atoms with Gasteiger partial charge in [-0.15, -0.1) is 0 Å². The number of methoxy groups -OCH3 is 2. The van der Waals surface area contributed by atoms with Gasteiger partial charge in [0.25, 0.3) is 0 Å². The highest BCUT2D eigenvalue weighted by molar-refractivity contribution is 5.89. The second-order valence-corrected chi connectivity index (χ2v) is 7.51. The van der Waals surface area contributed by atoms with Crippen LogP contribution < -0.4 is 14.8 Å². The third-order valence-electron chi connectivity index (χ3n) is 5.27. The van der Waals surface area contributed by atoms with E-state index in [-0.39, 0.29) is 19.8 Å². The Kier molecular flexibility index (Phi) is 11.1. The maximum atomic E-state index is 12.8. The van der Waals surface area contributed by atoms with Crippen molar-refractivity contribution in [1.29, 1.82) is 0 Å². The molecule has 9 nitrogen and oxygen atoms in total. The largest absolute Gasteiger partial charge is 0.497 e. The predicted molar refractivity (Wildman–Crippen MR) is 131 cm³/mol. The molecule has 2 aromatic rings. The van der Waals surface area contributed by atoms with Crippen LogP contribution >= 0.6 is 0 Å². The first-order chi connectivity index (χ1) is 16.8. The van der Waals surface area contributed by atoms with E-state index in [4.69, 9.17) is 28.8 Å². The zero-order valence-electron chi connectivity index (χ0n) is 20.7. The number of carbonyl (C=O) groups excluding carboxylic acids is 2. The van der Waals surface area contributed by atoms with Crippen LogP contribution in [-0.2, 0) is 19.0 Å². The van der Waals surface area contributed by atoms with Gasteiger partial charge in [0.05, 0.1) is 20.3 Å². The van der Waals surface area contributed by atoms with Crippen molar-refractivity contribution in [2.75, 3.05) is 39.4 Å². The van der Waals surface area contributed by atoms with Crippen molar-refractivity contribution in [3.05, 3.63) is 65.2 Å². The number of hydrogen-bond acceptors (Lipinski definition) is 8. The zero-order valence-corrected chi connectivity index (χ0v) is 20.7. The van der Waals surface area contributed by atoms with Crippen LogP contribution in [-0.4, -0.2) is 57.3 Å². The minimum atomic E-state index is -0.894. The van der Waals surface area contributed by atoms with Crippen LogP contribution in [0, 0.1) is 0 Å². The quantitative estimate of drug-likeness (QED) is 0.337. The normalized spacial score (nSPS) is 13.2. The number of amides is 1. The van der Waals surface area contributed by atoms with Gasteiger partial charge < -0.3 is 28.8 Å². The molecule has 0 aliphatic rings. The first-order valence-electron chi connectivity index (χ1n) is 11.2. The van der Waals surface area contributed by atoms with Gasteiger partial charge in [0.1, 0.15) is 24.2 Å². The number of aliphatic hydroxyl groups excluding tert-OH is 1. The van der Waals surface area contributed by atoms with E-state index in [1.807, 2.05) is 0 Å². The Hall–Kier alpha value is -3.56. The molecule has 2 atom stereocenters. The minimum absolute atomic E-state index is 0.109. The minimum Gasteiger partial charge on any atom is -0.497 e. The molecule has 0 heterocycles. The molecule has 35 heavy (non-hydrogen) atoms. The first kappa shape index (κ1) is 27.7. The molecule has 0 radical (unpaired) electrons. The molecule has 2 rings (SSSR count). The Morgan fingerprint density at radius 3 is 2.14 bits per heavy atom. The lowest BCUT2D eigenvalue weighted by Gasteiger charge is -2.28. The van der Waals surface area contributed by atoms with Gasteiger partial charge in [0.2, 0.25) is 0 Å². The van der Waals surface area contributed by atoms with Crippen LogP contribution in [0.25, 0.3) is 0 Å². The number of hydrogen-bond donors (Lipinski definition) is 2. The molecule has 0 saturated heterocycles. The number of benzene rings is 2. The molecule has 0 fully saturated rings. The van der Waals surface area contributed by atoms with Crippen LogP contribution in [0.5, 0.6) is 11.5 Å². The molecule has 0 saturated carbocycles. The summed E-state index contributed by atoms with van der Waals surface area (Å²) in [7, 11) is 3.03. The third-order valence-corrected chi connectivity index (χ3v) is 5.27. The molecule has 2 aromatic carbocycles. The Morgan fingerprint density at radius 2 is 1.60 bits per heavy atom. The second-order valence-electron chi connectivity index (χ2n) is 7.51. The smallest absolute Gasteiger partial charge is 0.412 e. The number of esters is 1. The fraction of sp³-hybridized carbons (Fsp3) is 0.385. The lowest BCUT2D eigenvalue weighted by Crippen LogP contribution is -2.30. The molecule has 0 aliphatic carbocycles. The molecule has 0 bridgehead atoms. The summed E-state index contributed by atoms with van der Waals surface area (Å²) in [4.78, 5) is 25.1. The molecule has 190 valence electrons. The number of carbonyl (C=O) groups is 2. The highest BCUT2D eigenvalue weighted by atomic mass is 16.6. The van der Waals surface area contributed by atoms with Gasteiger partial charge in [0, 0.05) is 18.4 Å². The number of nitrogens with one attached hydrogen (secondary N) is 1. The molecular formula is C26H33NO8. The summed E-state index contributed by atoms with van der Waals surface area (Å²) in [6, 6.07) is 13.7. The van der Waals surface area contributed by atoms with Gasteiger partial charge in [-0.25, -0.2) is 9.59 Å².